The minimum absolute atomic E-state index is 0.108. The molecule has 0 heterocycles. The summed E-state index contributed by atoms with van der Waals surface area (Å²) < 4.78 is 13.7. The van der Waals surface area contributed by atoms with Gasteiger partial charge >= 0.3 is 0 Å². The zero-order valence-corrected chi connectivity index (χ0v) is 9.32. The molecule has 0 atom stereocenters. The average Bonchev–Trinajstić information content (AvgIpc) is 2.04. The second kappa shape index (κ2) is 3.70. The third kappa shape index (κ3) is 2.55. The fourth-order valence-corrected chi connectivity index (χ4v) is 1.51. The van der Waals surface area contributed by atoms with Gasteiger partial charge in [0.15, 0.2) is 0 Å². The topological polar surface area (TPSA) is 26.0 Å². The summed E-state index contributed by atoms with van der Waals surface area (Å²) in [6.07, 6.45) is 0.576. The van der Waals surface area contributed by atoms with Gasteiger partial charge in [-0.3, -0.25) is 0 Å². The number of nitrogens with two attached hydrogens (primary N) is 1. The van der Waals surface area contributed by atoms with Gasteiger partial charge in [0.25, 0.3) is 0 Å². The van der Waals surface area contributed by atoms with Gasteiger partial charge in [-0.1, -0.05) is 12.1 Å². The molecule has 0 fully saturated rings. The molecule has 1 aromatic rings. The Balaban J connectivity index is 3.13. The standard InChI is InChI=1S/C12H18FN/c1-8-5-6-9(2)11(13)10(8)7-12(3,4)14/h5-6H,7,14H2,1-4H3. The van der Waals surface area contributed by atoms with Crippen LogP contribution in [0.5, 0.6) is 0 Å². The first-order valence-electron chi connectivity index (χ1n) is 4.85. The van der Waals surface area contributed by atoms with E-state index in [1.807, 2.05) is 26.8 Å². The molecule has 1 aromatic carbocycles. The van der Waals surface area contributed by atoms with Crippen molar-refractivity contribution in [3.8, 4) is 0 Å². The van der Waals surface area contributed by atoms with Gasteiger partial charge in [-0.15, -0.1) is 0 Å². The molecule has 0 bridgehead atoms. The highest BCUT2D eigenvalue weighted by Crippen LogP contribution is 2.20. The summed E-state index contributed by atoms with van der Waals surface area (Å²) in [5, 5.41) is 0. The Bertz CT molecular complexity index is 337. The fraction of sp³-hybridized carbons (Fsp3) is 0.500. The van der Waals surface area contributed by atoms with Gasteiger partial charge in [0.2, 0.25) is 0 Å². The zero-order valence-electron chi connectivity index (χ0n) is 9.32. The second-order valence-corrected chi connectivity index (χ2v) is 4.66. The minimum Gasteiger partial charge on any atom is -0.325 e. The molecule has 0 aliphatic carbocycles. The molecule has 0 saturated heterocycles. The first kappa shape index (κ1) is 11.2. The van der Waals surface area contributed by atoms with Gasteiger partial charge in [-0.25, -0.2) is 4.39 Å². The van der Waals surface area contributed by atoms with Crippen molar-refractivity contribution in [2.24, 2.45) is 5.73 Å². The Morgan fingerprint density at radius 3 is 2.21 bits per heavy atom. The van der Waals surface area contributed by atoms with E-state index in [1.54, 1.807) is 13.0 Å². The summed E-state index contributed by atoms with van der Waals surface area (Å²) >= 11 is 0. The average molecular weight is 195 g/mol. The molecule has 2 heteroatoms. The first-order chi connectivity index (χ1) is 6.31. The summed E-state index contributed by atoms with van der Waals surface area (Å²) in [7, 11) is 0. The van der Waals surface area contributed by atoms with Crippen molar-refractivity contribution >= 4 is 0 Å². The third-order valence-electron chi connectivity index (χ3n) is 2.30. The zero-order chi connectivity index (χ0) is 10.9. The maximum Gasteiger partial charge on any atom is 0.129 e. The summed E-state index contributed by atoms with van der Waals surface area (Å²) in [6, 6.07) is 3.75. The Morgan fingerprint density at radius 1 is 1.21 bits per heavy atom. The van der Waals surface area contributed by atoms with Crippen molar-refractivity contribution in [2.75, 3.05) is 0 Å². The Morgan fingerprint density at radius 2 is 1.71 bits per heavy atom. The van der Waals surface area contributed by atoms with Crippen LogP contribution in [0.4, 0.5) is 4.39 Å². The molecule has 0 aromatic heterocycles. The maximum atomic E-state index is 13.7. The van der Waals surface area contributed by atoms with E-state index in [4.69, 9.17) is 5.73 Å². The van der Waals surface area contributed by atoms with Crippen LogP contribution in [-0.2, 0) is 6.42 Å². The predicted octanol–water partition coefficient (Wildman–Crippen LogP) is 2.72. The summed E-state index contributed by atoms with van der Waals surface area (Å²) in [5.41, 5.74) is 7.94. The Labute approximate surface area is 85.1 Å². The maximum absolute atomic E-state index is 13.7. The van der Waals surface area contributed by atoms with E-state index in [2.05, 4.69) is 0 Å². The van der Waals surface area contributed by atoms with E-state index in [0.29, 0.717) is 12.0 Å². The molecule has 0 radical (unpaired) electrons. The second-order valence-electron chi connectivity index (χ2n) is 4.66. The Kier molecular flexibility index (Phi) is 2.95. The van der Waals surface area contributed by atoms with Crippen molar-refractivity contribution in [2.45, 2.75) is 39.7 Å². The lowest BCUT2D eigenvalue weighted by Gasteiger charge is -2.20. The lowest BCUT2D eigenvalue weighted by Crippen LogP contribution is -2.35. The molecule has 0 aliphatic rings. The molecule has 0 aliphatic heterocycles. The highest BCUT2D eigenvalue weighted by Gasteiger charge is 2.17. The van der Waals surface area contributed by atoms with Crippen LogP contribution < -0.4 is 5.73 Å². The number of aryl methyl sites for hydroxylation is 2. The summed E-state index contributed by atoms with van der Waals surface area (Å²) in [4.78, 5) is 0. The van der Waals surface area contributed by atoms with Crippen molar-refractivity contribution in [1.29, 1.82) is 0 Å². The number of hydrogen-bond acceptors (Lipinski definition) is 1. The van der Waals surface area contributed by atoms with E-state index in [9.17, 15) is 4.39 Å². The molecule has 2 N–H and O–H groups in total. The van der Waals surface area contributed by atoms with Gasteiger partial charge in [0.05, 0.1) is 0 Å². The van der Waals surface area contributed by atoms with Crippen LogP contribution >= 0.6 is 0 Å². The molecule has 1 rings (SSSR count). The lowest BCUT2D eigenvalue weighted by molar-refractivity contribution is 0.493. The molecule has 14 heavy (non-hydrogen) atoms. The smallest absolute Gasteiger partial charge is 0.129 e. The molecular weight excluding hydrogens is 177 g/mol. The van der Waals surface area contributed by atoms with Gasteiger partial charge in [0.1, 0.15) is 5.82 Å². The summed E-state index contributed by atoms with van der Waals surface area (Å²) in [6.45, 7) is 7.52. The van der Waals surface area contributed by atoms with Gasteiger partial charge in [-0.05, 0) is 50.8 Å². The van der Waals surface area contributed by atoms with Crippen LogP contribution in [0.1, 0.15) is 30.5 Å². The summed E-state index contributed by atoms with van der Waals surface area (Å²) in [5.74, 6) is -0.108. The molecule has 0 amide bonds. The van der Waals surface area contributed by atoms with Crippen LogP contribution in [0.3, 0.4) is 0 Å². The molecule has 0 spiro atoms. The molecular formula is C12H18FN. The molecule has 0 unspecified atom stereocenters. The van der Waals surface area contributed by atoms with Crippen molar-refractivity contribution in [3.63, 3.8) is 0 Å². The van der Waals surface area contributed by atoms with E-state index in [0.717, 1.165) is 11.1 Å². The monoisotopic (exact) mass is 195 g/mol. The van der Waals surface area contributed by atoms with Crippen molar-refractivity contribution in [1.82, 2.24) is 0 Å². The Hall–Kier alpha value is -0.890. The highest BCUT2D eigenvalue weighted by molar-refractivity contribution is 5.33. The number of halogens is 1. The number of rotatable bonds is 2. The van der Waals surface area contributed by atoms with E-state index in [1.165, 1.54) is 0 Å². The van der Waals surface area contributed by atoms with Crippen molar-refractivity contribution in [3.05, 3.63) is 34.6 Å². The first-order valence-corrected chi connectivity index (χ1v) is 4.85. The highest BCUT2D eigenvalue weighted by atomic mass is 19.1. The van der Waals surface area contributed by atoms with Crippen LogP contribution in [-0.4, -0.2) is 5.54 Å². The van der Waals surface area contributed by atoms with Gasteiger partial charge < -0.3 is 5.73 Å². The van der Waals surface area contributed by atoms with Crippen LogP contribution in [0.15, 0.2) is 12.1 Å². The lowest BCUT2D eigenvalue weighted by atomic mass is 9.92. The quantitative estimate of drug-likeness (QED) is 0.771. The molecule has 1 nitrogen and oxygen atoms in total. The fourth-order valence-electron chi connectivity index (χ4n) is 1.51. The van der Waals surface area contributed by atoms with Crippen molar-refractivity contribution < 1.29 is 4.39 Å². The third-order valence-corrected chi connectivity index (χ3v) is 2.30. The van der Waals surface area contributed by atoms with Crippen LogP contribution in [0.25, 0.3) is 0 Å². The van der Waals surface area contributed by atoms with E-state index < -0.39 is 0 Å². The normalized spacial score (nSPS) is 11.9. The van der Waals surface area contributed by atoms with Gasteiger partial charge in [-0.2, -0.15) is 0 Å². The van der Waals surface area contributed by atoms with Crippen LogP contribution in [0.2, 0.25) is 0 Å². The number of hydrogen-bond donors (Lipinski definition) is 1. The minimum atomic E-state index is -0.362. The molecule has 0 saturated carbocycles. The van der Waals surface area contributed by atoms with E-state index in [-0.39, 0.29) is 11.4 Å². The number of benzene rings is 1. The van der Waals surface area contributed by atoms with Gasteiger partial charge in [0, 0.05) is 5.54 Å². The largest absolute Gasteiger partial charge is 0.325 e. The predicted molar refractivity (Wildman–Crippen MR) is 57.8 cm³/mol. The van der Waals surface area contributed by atoms with Crippen LogP contribution in [0, 0.1) is 19.7 Å². The van der Waals surface area contributed by atoms with E-state index >= 15 is 0 Å². The SMILES string of the molecule is Cc1ccc(C)c(CC(C)(C)N)c1F. The molecule has 78 valence electrons.